The number of nitrogens with zero attached hydrogens (tertiary/aromatic N) is 1. The van der Waals surface area contributed by atoms with E-state index in [1.165, 1.54) is 18.5 Å². The Labute approximate surface area is 126 Å². The number of benzene rings is 2. The van der Waals surface area contributed by atoms with Crippen molar-refractivity contribution in [2.75, 3.05) is 25.0 Å². The Morgan fingerprint density at radius 3 is 2.38 bits per heavy atom. The highest BCUT2D eigenvalue weighted by molar-refractivity contribution is 5.51. The summed E-state index contributed by atoms with van der Waals surface area (Å²) in [5.74, 6) is 1.78. The fourth-order valence-corrected chi connectivity index (χ4v) is 2.79. The van der Waals surface area contributed by atoms with Gasteiger partial charge >= 0.3 is 0 Å². The van der Waals surface area contributed by atoms with Crippen LogP contribution in [0.15, 0.2) is 54.6 Å². The molecular weight excluding hydrogens is 260 g/mol. The predicted molar refractivity (Wildman–Crippen MR) is 87.3 cm³/mol. The summed E-state index contributed by atoms with van der Waals surface area (Å²) < 4.78 is 5.91. The molecule has 0 unspecified atom stereocenters. The normalized spacial score (nSPS) is 16.0. The summed E-state index contributed by atoms with van der Waals surface area (Å²) >= 11 is 0. The molecule has 2 aromatic carbocycles. The van der Waals surface area contributed by atoms with Gasteiger partial charge < -0.3 is 15.0 Å². The molecule has 3 heteroatoms. The van der Waals surface area contributed by atoms with Crippen molar-refractivity contribution in [1.82, 2.24) is 5.32 Å². The number of para-hydroxylation sites is 1. The minimum atomic E-state index is 0.657. The summed E-state index contributed by atoms with van der Waals surface area (Å²) in [6.07, 6.45) is 2.39. The fraction of sp³-hybridized carbons (Fsp3) is 0.333. The summed E-state index contributed by atoms with van der Waals surface area (Å²) in [5.41, 5.74) is 1.25. The third-order valence-electron chi connectivity index (χ3n) is 4.06. The van der Waals surface area contributed by atoms with Crippen molar-refractivity contribution in [2.45, 2.75) is 18.9 Å². The molecular formula is C18H22N2O. The van der Waals surface area contributed by atoms with Gasteiger partial charge in [0.05, 0.1) is 0 Å². The second kappa shape index (κ2) is 6.64. The molecule has 1 aliphatic heterocycles. The Bertz CT molecular complexity index is 562. The van der Waals surface area contributed by atoms with Gasteiger partial charge in [-0.15, -0.1) is 0 Å². The van der Waals surface area contributed by atoms with Gasteiger partial charge in [0.1, 0.15) is 11.5 Å². The number of hydrogen-bond acceptors (Lipinski definition) is 3. The van der Waals surface area contributed by atoms with E-state index in [1.54, 1.807) is 0 Å². The first-order valence-corrected chi connectivity index (χ1v) is 7.60. The standard InChI is InChI=1S/C18H22N2O/c1-19-15-10-12-20(13-11-15)16-6-5-9-18(14-16)21-17-7-3-2-4-8-17/h2-9,14-15,19H,10-13H2,1H3. The van der Waals surface area contributed by atoms with Crippen LogP contribution in [0.3, 0.4) is 0 Å². The molecule has 1 fully saturated rings. The molecule has 0 radical (unpaired) electrons. The number of rotatable bonds is 4. The first-order chi connectivity index (χ1) is 10.3. The van der Waals surface area contributed by atoms with Crippen molar-refractivity contribution in [3.05, 3.63) is 54.6 Å². The topological polar surface area (TPSA) is 24.5 Å². The number of hydrogen-bond donors (Lipinski definition) is 1. The zero-order valence-corrected chi connectivity index (χ0v) is 12.5. The van der Waals surface area contributed by atoms with Crippen molar-refractivity contribution in [3.8, 4) is 11.5 Å². The smallest absolute Gasteiger partial charge is 0.129 e. The van der Waals surface area contributed by atoms with E-state index in [2.05, 4.69) is 35.5 Å². The summed E-state index contributed by atoms with van der Waals surface area (Å²) in [5, 5.41) is 3.37. The second-order valence-corrected chi connectivity index (χ2v) is 5.46. The molecule has 1 saturated heterocycles. The third-order valence-corrected chi connectivity index (χ3v) is 4.06. The van der Waals surface area contributed by atoms with E-state index in [1.807, 2.05) is 36.4 Å². The van der Waals surface area contributed by atoms with Crippen LogP contribution in [0.5, 0.6) is 11.5 Å². The minimum absolute atomic E-state index is 0.657. The Kier molecular flexibility index (Phi) is 4.41. The summed E-state index contributed by atoms with van der Waals surface area (Å²) in [7, 11) is 2.05. The van der Waals surface area contributed by atoms with Crippen molar-refractivity contribution < 1.29 is 4.74 Å². The summed E-state index contributed by atoms with van der Waals surface area (Å²) in [6.45, 7) is 2.20. The number of anilines is 1. The predicted octanol–water partition coefficient (Wildman–Crippen LogP) is 3.67. The van der Waals surface area contributed by atoms with E-state index in [-0.39, 0.29) is 0 Å². The highest BCUT2D eigenvalue weighted by Crippen LogP contribution is 2.27. The van der Waals surface area contributed by atoms with E-state index in [4.69, 9.17) is 4.74 Å². The van der Waals surface area contributed by atoms with Crippen LogP contribution in [0.2, 0.25) is 0 Å². The zero-order valence-electron chi connectivity index (χ0n) is 12.5. The third kappa shape index (κ3) is 3.56. The van der Waals surface area contributed by atoms with Crippen molar-refractivity contribution in [2.24, 2.45) is 0 Å². The molecule has 1 aliphatic rings. The SMILES string of the molecule is CNC1CCN(c2cccc(Oc3ccccc3)c2)CC1. The largest absolute Gasteiger partial charge is 0.457 e. The molecule has 3 nitrogen and oxygen atoms in total. The molecule has 0 aromatic heterocycles. The Morgan fingerprint density at radius 2 is 1.67 bits per heavy atom. The van der Waals surface area contributed by atoms with E-state index >= 15 is 0 Å². The molecule has 1 heterocycles. The molecule has 0 spiro atoms. The molecule has 0 atom stereocenters. The maximum Gasteiger partial charge on any atom is 0.129 e. The van der Waals surface area contributed by atoms with Gasteiger partial charge in [-0.25, -0.2) is 0 Å². The average molecular weight is 282 g/mol. The van der Waals surface area contributed by atoms with Gasteiger partial charge in [-0.2, -0.15) is 0 Å². The average Bonchev–Trinajstić information content (AvgIpc) is 2.56. The van der Waals surface area contributed by atoms with Crippen molar-refractivity contribution in [1.29, 1.82) is 0 Å². The molecule has 0 aliphatic carbocycles. The van der Waals surface area contributed by atoms with E-state index in [0.717, 1.165) is 24.6 Å². The summed E-state index contributed by atoms with van der Waals surface area (Å²) in [4.78, 5) is 2.44. The molecule has 0 amide bonds. The maximum atomic E-state index is 5.91. The molecule has 21 heavy (non-hydrogen) atoms. The lowest BCUT2D eigenvalue weighted by atomic mass is 10.0. The summed E-state index contributed by atoms with van der Waals surface area (Å²) in [6, 6.07) is 19.0. The molecule has 110 valence electrons. The number of piperidine rings is 1. The van der Waals surface area contributed by atoms with Gasteiger partial charge in [0.25, 0.3) is 0 Å². The molecule has 3 rings (SSSR count). The van der Waals surface area contributed by atoms with E-state index < -0.39 is 0 Å². The van der Waals surface area contributed by atoms with Crippen LogP contribution in [-0.4, -0.2) is 26.2 Å². The monoisotopic (exact) mass is 282 g/mol. The lowest BCUT2D eigenvalue weighted by molar-refractivity contribution is 0.441. The highest BCUT2D eigenvalue weighted by Gasteiger charge is 2.18. The number of ether oxygens (including phenoxy) is 1. The van der Waals surface area contributed by atoms with Gasteiger partial charge in [0.2, 0.25) is 0 Å². The number of nitrogens with one attached hydrogen (secondary N) is 1. The minimum Gasteiger partial charge on any atom is -0.457 e. The van der Waals surface area contributed by atoms with E-state index in [0.29, 0.717) is 6.04 Å². The van der Waals surface area contributed by atoms with Crippen LogP contribution in [0.1, 0.15) is 12.8 Å². The Hall–Kier alpha value is -2.00. The van der Waals surface area contributed by atoms with Gasteiger partial charge in [-0.05, 0) is 44.2 Å². The van der Waals surface area contributed by atoms with Crippen LogP contribution in [0, 0.1) is 0 Å². The van der Waals surface area contributed by atoms with Gasteiger partial charge in [0.15, 0.2) is 0 Å². The van der Waals surface area contributed by atoms with Gasteiger partial charge in [-0.3, -0.25) is 0 Å². The lowest BCUT2D eigenvalue weighted by Gasteiger charge is -2.33. The van der Waals surface area contributed by atoms with Crippen LogP contribution < -0.4 is 15.0 Å². The Balaban J connectivity index is 1.69. The van der Waals surface area contributed by atoms with Gasteiger partial charge in [-0.1, -0.05) is 24.3 Å². The quantitative estimate of drug-likeness (QED) is 0.926. The second-order valence-electron chi connectivity index (χ2n) is 5.46. The zero-order chi connectivity index (χ0) is 14.5. The molecule has 0 saturated carbocycles. The van der Waals surface area contributed by atoms with E-state index in [9.17, 15) is 0 Å². The highest BCUT2D eigenvalue weighted by atomic mass is 16.5. The van der Waals surface area contributed by atoms with Gasteiger partial charge in [0, 0.05) is 30.9 Å². The molecule has 1 N–H and O–H groups in total. The lowest BCUT2D eigenvalue weighted by Crippen LogP contribution is -2.41. The van der Waals surface area contributed by atoms with Crippen LogP contribution >= 0.6 is 0 Å². The van der Waals surface area contributed by atoms with Crippen LogP contribution in [0.25, 0.3) is 0 Å². The molecule has 0 bridgehead atoms. The van der Waals surface area contributed by atoms with Crippen molar-refractivity contribution in [3.63, 3.8) is 0 Å². The van der Waals surface area contributed by atoms with Crippen LogP contribution in [-0.2, 0) is 0 Å². The van der Waals surface area contributed by atoms with Crippen molar-refractivity contribution >= 4 is 5.69 Å². The maximum absolute atomic E-state index is 5.91. The first-order valence-electron chi connectivity index (χ1n) is 7.60. The Morgan fingerprint density at radius 1 is 0.952 bits per heavy atom. The fourth-order valence-electron chi connectivity index (χ4n) is 2.79. The first kappa shape index (κ1) is 14.0. The molecule has 2 aromatic rings. The van der Waals surface area contributed by atoms with Crippen LogP contribution in [0.4, 0.5) is 5.69 Å².